The fourth-order valence-electron chi connectivity index (χ4n) is 1.53. The van der Waals surface area contributed by atoms with E-state index in [-0.39, 0.29) is 11.7 Å². The molecule has 1 aromatic carbocycles. The van der Waals surface area contributed by atoms with E-state index in [2.05, 4.69) is 15.9 Å². The van der Waals surface area contributed by atoms with Gasteiger partial charge in [0.1, 0.15) is 5.82 Å². The van der Waals surface area contributed by atoms with Gasteiger partial charge in [-0.25, -0.2) is 4.39 Å². The minimum atomic E-state index is -0.400. The zero-order chi connectivity index (χ0) is 10.7. The van der Waals surface area contributed by atoms with Gasteiger partial charge in [0.2, 0.25) is 0 Å². The van der Waals surface area contributed by atoms with Gasteiger partial charge in [-0.05, 0) is 43.0 Å². The fraction of sp³-hybridized carbons (Fsp3) is 0.455. The van der Waals surface area contributed by atoms with Gasteiger partial charge in [0.15, 0.2) is 0 Å². The molecule has 1 nitrogen and oxygen atoms in total. The number of hydrogen-bond acceptors (Lipinski definition) is 1. The summed E-state index contributed by atoms with van der Waals surface area (Å²) in [5.41, 5.74) is 0.653. The van der Waals surface area contributed by atoms with E-state index in [1.807, 2.05) is 6.92 Å². The molecule has 0 heterocycles. The summed E-state index contributed by atoms with van der Waals surface area (Å²) >= 11 is 3.30. The first kappa shape index (κ1) is 11.7. The van der Waals surface area contributed by atoms with Gasteiger partial charge in [-0.15, -0.1) is 0 Å². The highest BCUT2D eigenvalue weighted by atomic mass is 79.9. The van der Waals surface area contributed by atoms with Crippen LogP contribution in [0.5, 0.6) is 0 Å². The van der Waals surface area contributed by atoms with Gasteiger partial charge in [0, 0.05) is 4.47 Å². The maximum atomic E-state index is 13.4. The molecule has 2 atom stereocenters. The first-order valence-electron chi connectivity index (χ1n) is 4.63. The Balaban J connectivity index is 2.88. The molecule has 0 spiro atoms. The van der Waals surface area contributed by atoms with Gasteiger partial charge < -0.3 is 5.11 Å². The van der Waals surface area contributed by atoms with E-state index >= 15 is 0 Å². The first-order chi connectivity index (χ1) is 6.50. The van der Waals surface area contributed by atoms with Crippen LogP contribution in [0.2, 0.25) is 0 Å². The van der Waals surface area contributed by atoms with Crippen LogP contribution in [0.25, 0.3) is 0 Å². The smallest absolute Gasteiger partial charge is 0.126 e. The van der Waals surface area contributed by atoms with Gasteiger partial charge >= 0.3 is 0 Å². The third kappa shape index (κ3) is 3.07. The van der Waals surface area contributed by atoms with Crippen molar-refractivity contribution in [1.82, 2.24) is 0 Å². The third-order valence-corrected chi connectivity index (χ3v) is 2.68. The number of aliphatic hydroxyl groups is 1. The van der Waals surface area contributed by atoms with Crippen LogP contribution in [0.4, 0.5) is 4.39 Å². The Labute approximate surface area is 92.1 Å². The van der Waals surface area contributed by atoms with E-state index in [4.69, 9.17) is 0 Å². The summed E-state index contributed by atoms with van der Waals surface area (Å²) in [7, 11) is 0. The monoisotopic (exact) mass is 260 g/mol. The van der Waals surface area contributed by atoms with E-state index in [1.165, 1.54) is 6.07 Å². The van der Waals surface area contributed by atoms with Crippen LogP contribution in [-0.2, 0) is 0 Å². The topological polar surface area (TPSA) is 20.2 Å². The van der Waals surface area contributed by atoms with Crippen LogP contribution in [0.1, 0.15) is 31.7 Å². The Bertz CT molecular complexity index is 312. The SMILES string of the molecule is CC(O)CC(C)c1cc(Br)ccc1F. The molecule has 2 unspecified atom stereocenters. The molecule has 0 fully saturated rings. The minimum Gasteiger partial charge on any atom is -0.393 e. The summed E-state index contributed by atoms with van der Waals surface area (Å²) < 4.78 is 14.2. The zero-order valence-electron chi connectivity index (χ0n) is 8.30. The lowest BCUT2D eigenvalue weighted by atomic mass is 9.95. The molecule has 1 N–H and O–H groups in total. The maximum Gasteiger partial charge on any atom is 0.126 e. The molecule has 78 valence electrons. The molecular weight excluding hydrogens is 247 g/mol. The molecule has 1 aromatic rings. The Morgan fingerprint density at radius 1 is 1.43 bits per heavy atom. The molecule has 0 saturated heterocycles. The number of aliphatic hydroxyl groups excluding tert-OH is 1. The minimum absolute atomic E-state index is 0.0347. The van der Waals surface area contributed by atoms with Crippen molar-refractivity contribution in [2.45, 2.75) is 32.3 Å². The van der Waals surface area contributed by atoms with Crippen molar-refractivity contribution in [3.8, 4) is 0 Å². The second-order valence-corrected chi connectivity index (χ2v) is 4.57. The van der Waals surface area contributed by atoms with Gasteiger partial charge in [-0.2, -0.15) is 0 Å². The van der Waals surface area contributed by atoms with Crippen LogP contribution in [-0.4, -0.2) is 11.2 Å². The highest BCUT2D eigenvalue weighted by molar-refractivity contribution is 9.10. The van der Waals surface area contributed by atoms with Crippen molar-refractivity contribution >= 4 is 15.9 Å². The molecule has 14 heavy (non-hydrogen) atoms. The summed E-state index contributed by atoms with van der Waals surface area (Å²) in [6.07, 6.45) is 0.177. The molecule has 0 amide bonds. The van der Waals surface area contributed by atoms with E-state index in [1.54, 1.807) is 19.1 Å². The summed E-state index contributed by atoms with van der Waals surface area (Å²) in [5.74, 6) is -0.172. The molecule has 0 aliphatic rings. The molecule has 0 saturated carbocycles. The number of rotatable bonds is 3. The Morgan fingerprint density at radius 3 is 2.64 bits per heavy atom. The quantitative estimate of drug-likeness (QED) is 0.883. The molecular formula is C11H14BrFO. The number of benzene rings is 1. The predicted molar refractivity (Wildman–Crippen MR) is 58.8 cm³/mol. The Kier molecular flexibility index (Phi) is 4.08. The third-order valence-electron chi connectivity index (χ3n) is 2.18. The lowest BCUT2D eigenvalue weighted by Gasteiger charge is -2.14. The summed E-state index contributed by atoms with van der Waals surface area (Å²) in [5, 5.41) is 9.21. The van der Waals surface area contributed by atoms with Crippen molar-refractivity contribution in [1.29, 1.82) is 0 Å². The molecule has 0 aliphatic heterocycles. The van der Waals surface area contributed by atoms with Gasteiger partial charge in [-0.1, -0.05) is 22.9 Å². The lowest BCUT2D eigenvalue weighted by Crippen LogP contribution is -2.07. The predicted octanol–water partition coefficient (Wildman–Crippen LogP) is 3.46. The molecule has 3 heteroatoms. The van der Waals surface area contributed by atoms with Crippen LogP contribution < -0.4 is 0 Å². The van der Waals surface area contributed by atoms with Gasteiger partial charge in [-0.3, -0.25) is 0 Å². The number of hydrogen-bond donors (Lipinski definition) is 1. The largest absolute Gasteiger partial charge is 0.393 e. The summed E-state index contributed by atoms with van der Waals surface area (Å²) in [4.78, 5) is 0. The molecule has 0 bridgehead atoms. The second-order valence-electron chi connectivity index (χ2n) is 3.65. The second kappa shape index (κ2) is 4.89. The standard InChI is InChI=1S/C11H14BrFO/c1-7(5-8(2)14)10-6-9(12)3-4-11(10)13/h3-4,6-8,14H,5H2,1-2H3. The van der Waals surface area contributed by atoms with Crippen LogP contribution in [0, 0.1) is 5.82 Å². The summed E-state index contributed by atoms with van der Waals surface area (Å²) in [6, 6.07) is 4.88. The number of halogens is 2. The van der Waals surface area contributed by atoms with Crippen molar-refractivity contribution in [2.75, 3.05) is 0 Å². The first-order valence-corrected chi connectivity index (χ1v) is 5.43. The van der Waals surface area contributed by atoms with E-state index in [0.717, 1.165) is 4.47 Å². The highest BCUT2D eigenvalue weighted by Gasteiger charge is 2.13. The maximum absolute atomic E-state index is 13.4. The van der Waals surface area contributed by atoms with E-state index < -0.39 is 6.10 Å². The van der Waals surface area contributed by atoms with Crippen molar-refractivity contribution in [2.24, 2.45) is 0 Å². The van der Waals surface area contributed by atoms with Crippen molar-refractivity contribution in [3.05, 3.63) is 34.1 Å². The molecule has 0 aliphatic carbocycles. The zero-order valence-corrected chi connectivity index (χ0v) is 9.88. The fourth-order valence-corrected chi connectivity index (χ4v) is 1.91. The van der Waals surface area contributed by atoms with Crippen LogP contribution >= 0.6 is 15.9 Å². The Morgan fingerprint density at radius 2 is 2.07 bits per heavy atom. The molecule has 1 rings (SSSR count). The Hall–Kier alpha value is -0.410. The average molecular weight is 261 g/mol. The van der Waals surface area contributed by atoms with E-state index in [9.17, 15) is 9.50 Å². The van der Waals surface area contributed by atoms with Crippen molar-refractivity contribution in [3.63, 3.8) is 0 Å². The highest BCUT2D eigenvalue weighted by Crippen LogP contribution is 2.26. The van der Waals surface area contributed by atoms with Gasteiger partial charge in [0.05, 0.1) is 6.10 Å². The molecule has 0 radical (unpaired) electrons. The van der Waals surface area contributed by atoms with Crippen LogP contribution in [0.15, 0.2) is 22.7 Å². The van der Waals surface area contributed by atoms with E-state index in [0.29, 0.717) is 12.0 Å². The average Bonchev–Trinajstić information content (AvgIpc) is 2.08. The van der Waals surface area contributed by atoms with Gasteiger partial charge in [0.25, 0.3) is 0 Å². The normalized spacial score (nSPS) is 15.2. The van der Waals surface area contributed by atoms with Crippen LogP contribution in [0.3, 0.4) is 0 Å². The summed E-state index contributed by atoms with van der Waals surface area (Å²) in [6.45, 7) is 3.63. The van der Waals surface area contributed by atoms with Crippen molar-refractivity contribution < 1.29 is 9.50 Å². The molecule has 0 aromatic heterocycles. The lowest BCUT2D eigenvalue weighted by molar-refractivity contribution is 0.176.